The Kier molecular flexibility index (Phi) is 6.06. The average molecular weight is 370 g/mol. The molecule has 1 aromatic heterocycles. The number of halogens is 1. The van der Waals surface area contributed by atoms with E-state index in [0.717, 1.165) is 34.9 Å². The van der Waals surface area contributed by atoms with Crippen molar-refractivity contribution in [1.29, 1.82) is 5.41 Å². The highest BCUT2D eigenvalue weighted by Gasteiger charge is 2.20. The normalized spacial score (nSPS) is 15.6. The number of rotatable bonds is 9. The highest BCUT2D eigenvalue weighted by atomic mass is 19.1. The van der Waals surface area contributed by atoms with Gasteiger partial charge >= 0.3 is 0 Å². The van der Waals surface area contributed by atoms with Crippen molar-refractivity contribution in [3.63, 3.8) is 0 Å². The zero-order chi connectivity index (χ0) is 19.4. The molecule has 0 amide bonds. The number of hydrogen-bond acceptors (Lipinski definition) is 4. The van der Waals surface area contributed by atoms with Gasteiger partial charge in [0, 0.05) is 49.2 Å². The molecule has 2 aromatic rings. The molecule has 0 spiro atoms. The van der Waals surface area contributed by atoms with Gasteiger partial charge in [-0.3, -0.25) is 4.68 Å². The van der Waals surface area contributed by atoms with Crippen LogP contribution < -0.4 is 5.32 Å². The van der Waals surface area contributed by atoms with E-state index < -0.39 is 6.10 Å². The highest BCUT2D eigenvalue weighted by molar-refractivity contribution is 5.78. The van der Waals surface area contributed by atoms with Crippen molar-refractivity contribution in [2.45, 2.75) is 45.8 Å². The smallest absolute Gasteiger partial charge is 0.123 e. The first-order valence-corrected chi connectivity index (χ1v) is 9.49. The van der Waals surface area contributed by atoms with E-state index >= 15 is 0 Å². The van der Waals surface area contributed by atoms with Gasteiger partial charge < -0.3 is 15.8 Å². The number of nitrogens with zero attached hydrogens (tertiary/aromatic N) is 2. The number of allylic oxidation sites excluding steroid dienone is 1. The summed E-state index contributed by atoms with van der Waals surface area (Å²) in [5, 5.41) is 25.8. The number of hydrogen-bond donors (Lipinski definition) is 3. The van der Waals surface area contributed by atoms with Crippen molar-refractivity contribution in [3.05, 3.63) is 53.1 Å². The maximum Gasteiger partial charge on any atom is 0.123 e. The van der Waals surface area contributed by atoms with Crippen molar-refractivity contribution >= 4 is 6.21 Å². The Morgan fingerprint density at radius 2 is 2.26 bits per heavy atom. The van der Waals surface area contributed by atoms with Crippen molar-refractivity contribution in [2.24, 2.45) is 5.92 Å². The Morgan fingerprint density at radius 3 is 2.89 bits per heavy atom. The van der Waals surface area contributed by atoms with Gasteiger partial charge in [-0.05, 0) is 61.9 Å². The minimum atomic E-state index is -0.798. The quantitative estimate of drug-likeness (QED) is 0.587. The average Bonchev–Trinajstić information content (AvgIpc) is 3.39. The number of aryl methyl sites for hydroxylation is 1. The van der Waals surface area contributed by atoms with Crippen molar-refractivity contribution in [1.82, 2.24) is 15.1 Å². The Balaban J connectivity index is 1.92. The highest BCUT2D eigenvalue weighted by Crippen LogP contribution is 2.31. The third-order valence-electron chi connectivity index (χ3n) is 4.85. The first kappa shape index (κ1) is 19.3. The standard InChI is InChI=1S/C21H27FN4O/c1-3-26-13-17(8-16(10-23)12-24-11-15-4-5-15)21(25-26)19-7-6-18(22)9-20(19)14(2)27/h6-7,9-10,12-15,23-24,27H,3-5,8,11H2,1-2H3/b16-12-,23-10?/t14-/m1/s1. The summed E-state index contributed by atoms with van der Waals surface area (Å²) in [7, 11) is 0. The predicted octanol–water partition coefficient (Wildman–Crippen LogP) is 3.84. The van der Waals surface area contributed by atoms with Crippen LogP contribution in [-0.2, 0) is 13.0 Å². The minimum absolute atomic E-state index is 0.379. The molecule has 0 bridgehead atoms. The Bertz CT molecular complexity index is 837. The van der Waals surface area contributed by atoms with E-state index in [1.54, 1.807) is 13.0 Å². The fourth-order valence-electron chi connectivity index (χ4n) is 3.12. The van der Waals surface area contributed by atoms with Gasteiger partial charge in [-0.15, -0.1) is 0 Å². The third kappa shape index (κ3) is 4.83. The van der Waals surface area contributed by atoms with Crippen molar-refractivity contribution in [2.75, 3.05) is 6.54 Å². The molecule has 0 saturated heterocycles. The Morgan fingerprint density at radius 1 is 1.48 bits per heavy atom. The fourth-order valence-corrected chi connectivity index (χ4v) is 3.12. The van der Waals surface area contributed by atoms with Gasteiger partial charge in [0.1, 0.15) is 5.82 Å². The molecule has 1 aliphatic rings. The summed E-state index contributed by atoms with van der Waals surface area (Å²) < 4.78 is 15.5. The lowest BCUT2D eigenvalue weighted by Gasteiger charge is -2.12. The van der Waals surface area contributed by atoms with Gasteiger partial charge in [-0.2, -0.15) is 5.10 Å². The van der Waals surface area contributed by atoms with Crippen LogP contribution in [0.1, 0.15) is 43.9 Å². The molecule has 1 saturated carbocycles. The lowest BCUT2D eigenvalue weighted by atomic mass is 9.96. The second-order valence-electron chi connectivity index (χ2n) is 7.16. The van der Waals surface area contributed by atoms with Crippen LogP contribution in [0.25, 0.3) is 11.3 Å². The SMILES string of the molecule is CCn1cc(C/C(C=N)=C/NCC2CC2)c(-c2ccc(F)cc2[C@@H](C)O)n1. The van der Waals surface area contributed by atoms with Gasteiger partial charge in [-0.1, -0.05) is 0 Å². The van der Waals surface area contributed by atoms with E-state index in [0.29, 0.717) is 18.5 Å². The summed E-state index contributed by atoms with van der Waals surface area (Å²) in [5.74, 6) is 0.384. The van der Waals surface area contributed by atoms with E-state index in [9.17, 15) is 9.50 Å². The zero-order valence-corrected chi connectivity index (χ0v) is 15.9. The molecule has 27 heavy (non-hydrogen) atoms. The summed E-state index contributed by atoms with van der Waals surface area (Å²) >= 11 is 0. The molecule has 1 aliphatic carbocycles. The molecule has 0 unspecified atom stereocenters. The zero-order valence-electron chi connectivity index (χ0n) is 15.9. The van der Waals surface area contributed by atoms with Crippen LogP contribution >= 0.6 is 0 Å². The predicted molar refractivity (Wildman–Crippen MR) is 105 cm³/mol. The lowest BCUT2D eigenvalue weighted by Crippen LogP contribution is -2.11. The molecular formula is C21H27FN4O. The molecule has 5 nitrogen and oxygen atoms in total. The van der Waals surface area contributed by atoms with Gasteiger partial charge in [0.25, 0.3) is 0 Å². The molecule has 144 valence electrons. The fraction of sp³-hybridized carbons (Fsp3) is 0.429. The minimum Gasteiger partial charge on any atom is -0.390 e. The van der Waals surface area contributed by atoms with Crippen LogP contribution in [0.3, 0.4) is 0 Å². The summed E-state index contributed by atoms with van der Waals surface area (Å²) in [6.45, 7) is 5.29. The van der Waals surface area contributed by atoms with Crippen LogP contribution in [0.15, 0.2) is 36.2 Å². The third-order valence-corrected chi connectivity index (χ3v) is 4.85. The maximum atomic E-state index is 13.7. The Labute approximate surface area is 159 Å². The topological polar surface area (TPSA) is 73.9 Å². The first-order chi connectivity index (χ1) is 13.0. The van der Waals surface area contributed by atoms with Crippen LogP contribution in [0.5, 0.6) is 0 Å². The molecular weight excluding hydrogens is 343 g/mol. The van der Waals surface area contributed by atoms with Crippen molar-refractivity contribution in [3.8, 4) is 11.3 Å². The largest absolute Gasteiger partial charge is 0.390 e. The van der Waals surface area contributed by atoms with Gasteiger partial charge in [0.2, 0.25) is 0 Å². The van der Waals surface area contributed by atoms with E-state index in [1.807, 2.05) is 24.0 Å². The number of nitrogens with one attached hydrogen (secondary N) is 2. The van der Waals surface area contributed by atoms with Gasteiger partial charge in [0.05, 0.1) is 11.8 Å². The van der Waals surface area contributed by atoms with Gasteiger partial charge in [0.15, 0.2) is 0 Å². The molecule has 1 aromatic carbocycles. The van der Waals surface area contributed by atoms with Gasteiger partial charge in [-0.25, -0.2) is 4.39 Å². The lowest BCUT2D eigenvalue weighted by molar-refractivity contribution is 0.199. The molecule has 0 radical (unpaired) electrons. The summed E-state index contributed by atoms with van der Waals surface area (Å²) in [6.07, 6.45) is 7.52. The number of aliphatic hydroxyl groups excluding tert-OH is 1. The Hall–Kier alpha value is -2.47. The molecule has 0 aliphatic heterocycles. The van der Waals surface area contributed by atoms with Crippen LogP contribution in [-0.4, -0.2) is 27.6 Å². The molecule has 1 atom stereocenters. The summed E-state index contributed by atoms with van der Waals surface area (Å²) in [4.78, 5) is 0. The summed E-state index contributed by atoms with van der Waals surface area (Å²) in [5.41, 5.74) is 3.78. The molecule has 6 heteroatoms. The number of aliphatic hydroxyl groups is 1. The van der Waals surface area contributed by atoms with Crippen LogP contribution in [0.4, 0.5) is 4.39 Å². The van der Waals surface area contributed by atoms with E-state index in [-0.39, 0.29) is 5.82 Å². The number of benzene rings is 1. The van der Waals surface area contributed by atoms with E-state index in [4.69, 9.17) is 5.41 Å². The van der Waals surface area contributed by atoms with E-state index in [2.05, 4.69) is 10.4 Å². The molecule has 3 rings (SSSR count). The van der Waals surface area contributed by atoms with Crippen LogP contribution in [0.2, 0.25) is 0 Å². The maximum absolute atomic E-state index is 13.7. The second-order valence-corrected chi connectivity index (χ2v) is 7.16. The monoisotopic (exact) mass is 370 g/mol. The van der Waals surface area contributed by atoms with Crippen molar-refractivity contribution < 1.29 is 9.50 Å². The summed E-state index contributed by atoms with van der Waals surface area (Å²) in [6, 6.07) is 4.42. The van der Waals surface area contributed by atoms with E-state index in [1.165, 1.54) is 31.2 Å². The number of aromatic nitrogens is 2. The first-order valence-electron chi connectivity index (χ1n) is 9.49. The van der Waals surface area contributed by atoms with Crippen LogP contribution in [0, 0.1) is 17.1 Å². The second kappa shape index (κ2) is 8.48. The molecule has 3 N–H and O–H groups in total. The molecule has 1 heterocycles. The molecule has 1 fully saturated rings.